The third-order valence-electron chi connectivity index (χ3n) is 2.81. The zero-order valence-electron chi connectivity index (χ0n) is 10.7. The van der Waals surface area contributed by atoms with Crippen molar-refractivity contribution in [3.05, 3.63) is 71.8 Å². The molecule has 2 rings (SSSR count). The van der Waals surface area contributed by atoms with Crippen LogP contribution in [0, 0.1) is 0 Å². The fraction of sp³-hybridized carbons (Fsp3) is 0.188. The molecule has 0 aliphatic carbocycles. The second-order valence-electron chi connectivity index (χ2n) is 4.20. The van der Waals surface area contributed by atoms with Gasteiger partial charge in [0.15, 0.2) is 5.78 Å². The van der Waals surface area contributed by atoms with Crippen molar-refractivity contribution < 1.29 is 4.79 Å². The first-order valence-corrected chi connectivity index (χ1v) is 6.19. The molecule has 0 saturated carbocycles. The summed E-state index contributed by atoms with van der Waals surface area (Å²) in [5, 5.41) is 3.18. The fourth-order valence-corrected chi connectivity index (χ4v) is 1.81. The molecule has 0 aliphatic rings. The second kappa shape index (κ2) is 8.46. The molecule has 2 aromatic rings. The van der Waals surface area contributed by atoms with E-state index in [1.807, 2.05) is 48.5 Å². The first-order chi connectivity index (χ1) is 8.86. The average molecular weight is 276 g/mol. The van der Waals surface area contributed by atoms with Gasteiger partial charge in [-0.3, -0.25) is 4.79 Å². The van der Waals surface area contributed by atoms with E-state index in [0.29, 0.717) is 6.54 Å². The van der Waals surface area contributed by atoms with Gasteiger partial charge in [-0.05, 0) is 18.5 Å². The van der Waals surface area contributed by atoms with E-state index in [1.54, 1.807) is 0 Å². The van der Waals surface area contributed by atoms with Crippen molar-refractivity contribution in [3.8, 4) is 0 Å². The quantitative estimate of drug-likeness (QED) is 0.648. The van der Waals surface area contributed by atoms with Gasteiger partial charge in [-0.2, -0.15) is 0 Å². The lowest BCUT2D eigenvalue weighted by Crippen LogP contribution is -2.25. The maximum atomic E-state index is 11.8. The van der Waals surface area contributed by atoms with Crippen molar-refractivity contribution >= 4 is 18.2 Å². The maximum Gasteiger partial charge on any atom is 0.176 e. The molecule has 0 radical (unpaired) electrons. The minimum atomic E-state index is 0. The van der Waals surface area contributed by atoms with Crippen molar-refractivity contribution in [1.29, 1.82) is 0 Å². The predicted octanol–water partition coefficient (Wildman–Crippen LogP) is 3.12. The summed E-state index contributed by atoms with van der Waals surface area (Å²) >= 11 is 0. The van der Waals surface area contributed by atoms with E-state index in [1.165, 1.54) is 5.56 Å². The molecule has 0 atom stereocenters. The zero-order chi connectivity index (χ0) is 12.6. The number of carbonyl (C=O) groups is 1. The lowest BCUT2D eigenvalue weighted by molar-refractivity contribution is 0.0991. The third kappa shape index (κ3) is 5.25. The van der Waals surface area contributed by atoms with E-state index in [4.69, 9.17) is 0 Å². The predicted molar refractivity (Wildman–Crippen MR) is 81.0 cm³/mol. The lowest BCUT2D eigenvalue weighted by Gasteiger charge is -2.04. The molecule has 0 saturated heterocycles. The van der Waals surface area contributed by atoms with Crippen molar-refractivity contribution in [2.45, 2.75) is 6.42 Å². The highest BCUT2D eigenvalue weighted by molar-refractivity contribution is 5.97. The summed E-state index contributed by atoms with van der Waals surface area (Å²) in [5.74, 6) is 0.142. The van der Waals surface area contributed by atoms with Crippen LogP contribution in [0.1, 0.15) is 15.9 Å². The van der Waals surface area contributed by atoms with E-state index >= 15 is 0 Å². The molecule has 2 aromatic carbocycles. The summed E-state index contributed by atoms with van der Waals surface area (Å²) in [5.41, 5.74) is 2.06. The smallest absolute Gasteiger partial charge is 0.176 e. The number of benzene rings is 2. The first kappa shape index (κ1) is 15.4. The van der Waals surface area contributed by atoms with Gasteiger partial charge in [0.25, 0.3) is 0 Å². The van der Waals surface area contributed by atoms with E-state index < -0.39 is 0 Å². The van der Waals surface area contributed by atoms with Gasteiger partial charge in [-0.15, -0.1) is 12.4 Å². The van der Waals surface area contributed by atoms with E-state index in [2.05, 4.69) is 17.4 Å². The van der Waals surface area contributed by atoms with Gasteiger partial charge in [0, 0.05) is 5.56 Å². The van der Waals surface area contributed by atoms with Crippen LogP contribution in [0.5, 0.6) is 0 Å². The summed E-state index contributed by atoms with van der Waals surface area (Å²) in [6.07, 6.45) is 0.947. The Labute approximate surface area is 120 Å². The topological polar surface area (TPSA) is 29.1 Å². The van der Waals surface area contributed by atoms with Crippen LogP contribution in [-0.2, 0) is 6.42 Å². The largest absolute Gasteiger partial charge is 0.309 e. The number of halogens is 1. The highest BCUT2D eigenvalue weighted by Crippen LogP contribution is 2.00. The Hall–Kier alpha value is -1.64. The van der Waals surface area contributed by atoms with Crippen molar-refractivity contribution in [2.75, 3.05) is 13.1 Å². The molecular formula is C16H18ClNO. The second-order valence-corrected chi connectivity index (χ2v) is 4.20. The number of nitrogens with one attached hydrogen (secondary N) is 1. The minimum absolute atomic E-state index is 0. The summed E-state index contributed by atoms with van der Waals surface area (Å²) < 4.78 is 0. The van der Waals surface area contributed by atoms with Crippen LogP contribution in [-0.4, -0.2) is 18.9 Å². The number of Topliss-reactive ketones (excluding diaryl/α,β-unsaturated/α-hetero) is 1. The highest BCUT2D eigenvalue weighted by Gasteiger charge is 2.03. The molecule has 0 aromatic heterocycles. The number of hydrogen-bond acceptors (Lipinski definition) is 2. The minimum Gasteiger partial charge on any atom is -0.309 e. The Morgan fingerprint density at radius 1 is 0.895 bits per heavy atom. The van der Waals surface area contributed by atoms with E-state index in [9.17, 15) is 4.79 Å². The van der Waals surface area contributed by atoms with Crippen LogP contribution in [0.3, 0.4) is 0 Å². The molecule has 19 heavy (non-hydrogen) atoms. The van der Waals surface area contributed by atoms with Gasteiger partial charge in [0.1, 0.15) is 0 Å². The van der Waals surface area contributed by atoms with Crippen molar-refractivity contribution in [3.63, 3.8) is 0 Å². The summed E-state index contributed by atoms with van der Waals surface area (Å²) in [4.78, 5) is 11.8. The Balaban J connectivity index is 0.00000180. The van der Waals surface area contributed by atoms with Crippen LogP contribution < -0.4 is 5.32 Å². The SMILES string of the molecule is Cl.O=C(CNCCc1ccccc1)c1ccccc1. The average Bonchev–Trinajstić information content (AvgIpc) is 2.45. The number of rotatable bonds is 6. The molecule has 0 aliphatic heterocycles. The zero-order valence-corrected chi connectivity index (χ0v) is 11.5. The number of carbonyl (C=O) groups excluding carboxylic acids is 1. The van der Waals surface area contributed by atoms with Gasteiger partial charge in [0.2, 0.25) is 0 Å². The Morgan fingerprint density at radius 3 is 2.11 bits per heavy atom. The Bertz CT molecular complexity index is 485. The normalized spacial score (nSPS) is 9.68. The molecule has 2 nitrogen and oxygen atoms in total. The fourth-order valence-electron chi connectivity index (χ4n) is 1.81. The van der Waals surface area contributed by atoms with Crippen LogP contribution in [0.2, 0.25) is 0 Å². The van der Waals surface area contributed by atoms with Crippen LogP contribution >= 0.6 is 12.4 Å². The van der Waals surface area contributed by atoms with Gasteiger partial charge >= 0.3 is 0 Å². The van der Waals surface area contributed by atoms with Crippen molar-refractivity contribution in [2.24, 2.45) is 0 Å². The number of ketones is 1. The summed E-state index contributed by atoms with van der Waals surface area (Å²) in [7, 11) is 0. The first-order valence-electron chi connectivity index (χ1n) is 6.19. The van der Waals surface area contributed by atoms with Gasteiger partial charge in [-0.1, -0.05) is 60.7 Å². The molecule has 0 fully saturated rings. The van der Waals surface area contributed by atoms with Crippen LogP contribution in [0.25, 0.3) is 0 Å². The van der Waals surface area contributed by atoms with Gasteiger partial charge in [-0.25, -0.2) is 0 Å². The lowest BCUT2D eigenvalue weighted by atomic mass is 10.1. The molecule has 0 spiro atoms. The Kier molecular flexibility index (Phi) is 6.86. The molecule has 0 heterocycles. The molecule has 1 N–H and O–H groups in total. The van der Waals surface area contributed by atoms with Gasteiger partial charge in [0.05, 0.1) is 6.54 Å². The summed E-state index contributed by atoms with van der Waals surface area (Å²) in [6.45, 7) is 1.22. The molecule has 3 heteroatoms. The Morgan fingerprint density at radius 2 is 1.47 bits per heavy atom. The molecule has 100 valence electrons. The van der Waals surface area contributed by atoms with E-state index in [0.717, 1.165) is 18.5 Å². The monoisotopic (exact) mass is 275 g/mol. The maximum absolute atomic E-state index is 11.8. The molecular weight excluding hydrogens is 258 g/mol. The van der Waals surface area contributed by atoms with Gasteiger partial charge < -0.3 is 5.32 Å². The number of hydrogen-bond donors (Lipinski definition) is 1. The standard InChI is InChI=1S/C16H17NO.ClH/c18-16(15-9-5-2-6-10-15)13-17-12-11-14-7-3-1-4-8-14;/h1-10,17H,11-13H2;1H. The van der Waals surface area contributed by atoms with Crippen molar-refractivity contribution in [1.82, 2.24) is 5.32 Å². The third-order valence-corrected chi connectivity index (χ3v) is 2.81. The van der Waals surface area contributed by atoms with Crippen LogP contribution in [0.15, 0.2) is 60.7 Å². The molecule has 0 bridgehead atoms. The van der Waals surface area contributed by atoms with Crippen LogP contribution in [0.4, 0.5) is 0 Å². The van der Waals surface area contributed by atoms with E-state index in [-0.39, 0.29) is 18.2 Å². The molecule has 0 unspecified atom stereocenters. The molecule has 0 amide bonds. The summed E-state index contributed by atoms with van der Waals surface area (Å²) in [6, 6.07) is 19.7. The highest BCUT2D eigenvalue weighted by atomic mass is 35.5.